The minimum absolute atomic E-state index is 0. The number of hydrogen-bond acceptors (Lipinski definition) is 3. The number of hydrogen-bond donors (Lipinski definition) is 0. The van der Waals surface area contributed by atoms with E-state index in [-0.39, 0.29) is 18.5 Å². The number of carbonyl (C=O) groups is 1. The van der Waals surface area contributed by atoms with Crippen molar-refractivity contribution in [3.05, 3.63) is 69.7 Å². The summed E-state index contributed by atoms with van der Waals surface area (Å²) in [6.07, 6.45) is -0.247. The van der Waals surface area contributed by atoms with Crippen LogP contribution in [-0.2, 0) is 11.3 Å². The summed E-state index contributed by atoms with van der Waals surface area (Å²) in [6.45, 7) is 3.29. The van der Waals surface area contributed by atoms with Gasteiger partial charge in [-0.05, 0) is 37.7 Å². The number of benzene rings is 2. The molecule has 130 valence electrons. The van der Waals surface area contributed by atoms with Gasteiger partial charge in [0.2, 0.25) is 0 Å². The van der Waals surface area contributed by atoms with E-state index in [0.717, 1.165) is 6.54 Å². The number of esters is 1. The highest BCUT2D eigenvalue weighted by molar-refractivity contribution is 6.36. The normalized spacial score (nSPS) is 11.7. The summed E-state index contributed by atoms with van der Waals surface area (Å²) < 4.78 is 5.46. The Kier molecular flexibility index (Phi) is 8.57. The third-order valence-electron chi connectivity index (χ3n) is 3.32. The lowest BCUT2D eigenvalue weighted by Crippen LogP contribution is -2.30. The van der Waals surface area contributed by atoms with Gasteiger partial charge < -0.3 is 4.74 Å². The van der Waals surface area contributed by atoms with Crippen LogP contribution in [0.25, 0.3) is 0 Å². The molecule has 0 aliphatic heterocycles. The molecule has 3 nitrogen and oxygen atoms in total. The molecule has 2 aromatic rings. The average molecular weight is 389 g/mol. The standard InChI is InChI=1S/C18H19Cl2NO2.ClH/c1-13(11-21(2)12-14-6-4-3-5-7-14)23-18(22)16-9-8-15(19)10-17(16)20;/h3-10,13H,11-12H2,1-2H3;1H. The Morgan fingerprint density at radius 3 is 2.46 bits per heavy atom. The maximum absolute atomic E-state index is 12.2. The van der Waals surface area contributed by atoms with Crippen LogP contribution in [0.1, 0.15) is 22.8 Å². The van der Waals surface area contributed by atoms with E-state index in [4.69, 9.17) is 27.9 Å². The Morgan fingerprint density at radius 1 is 1.17 bits per heavy atom. The first kappa shape index (κ1) is 20.8. The molecule has 0 fully saturated rings. The zero-order valence-corrected chi connectivity index (χ0v) is 15.9. The Balaban J connectivity index is 0.00000288. The fourth-order valence-electron chi connectivity index (χ4n) is 2.34. The minimum atomic E-state index is -0.438. The average Bonchev–Trinajstić information content (AvgIpc) is 2.47. The summed E-state index contributed by atoms with van der Waals surface area (Å²) in [5, 5.41) is 0.787. The first-order valence-electron chi connectivity index (χ1n) is 7.34. The minimum Gasteiger partial charge on any atom is -0.458 e. The van der Waals surface area contributed by atoms with Gasteiger partial charge >= 0.3 is 5.97 Å². The second kappa shape index (κ2) is 9.90. The van der Waals surface area contributed by atoms with Crippen molar-refractivity contribution in [1.29, 1.82) is 0 Å². The van der Waals surface area contributed by atoms with Crippen LogP contribution in [0.4, 0.5) is 0 Å². The molecule has 0 bridgehead atoms. The Bertz CT molecular complexity index is 665. The Morgan fingerprint density at radius 2 is 1.83 bits per heavy atom. The van der Waals surface area contributed by atoms with Gasteiger partial charge in [-0.15, -0.1) is 12.4 Å². The number of carbonyl (C=O) groups excluding carboxylic acids is 1. The van der Waals surface area contributed by atoms with E-state index in [1.54, 1.807) is 12.1 Å². The molecule has 0 heterocycles. The van der Waals surface area contributed by atoms with Gasteiger partial charge in [-0.2, -0.15) is 0 Å². The van der Waals surface area contributed by atoms with Crippen LogP contribution in [0.3, 0.4) is 0 Å². The molecule has 1 unspecified atom stereocenters. The Labute approximate surface area is 158 Å². The van der Waals surface area contributed by atoms with Crippen molar-refractivity contribution in [3.63, 3.8) is 0 Å². The maximum Gasteiger partial charge on any atom is 0.339 e. The van der Waals surface area contributed by atoms with Gasteiger partial charge in [0.1, 0.15) is 6.10 Å². The van der Waals surface area contributed by atoms with Gasteiger partial charge in [0.25, 0.3) is 0 Å². The number of likely N-dealkylation sites (N-methyl/N-ethyl adjacent to an activating group) is 1. The number of halogens is 3. The second-order valence-electron chi connectivity index (χ2n) is 5.52. The molecular formula is C18H20Cl3NO2. The van der Waals surface area contributed by atoms with Crippen molar-refractivity contribution in [1.82, 2.24) is 4.90 Å². The quantitative estimate of drug-likeness (QED) is 0.645. The number of nitrogens with zero attached hydrogens (tertiary/aromatic N) is 1. The molecule has 2 rings (SSSR count). The van der Waals surface area contributed by atoms with Crippen molar-refractivity contribution < 1.29 is 9.53 Å². The lowest BCUT2D eigenvalue weighted by Gasteiger charge is -2.21. The van der Waals surface area contributed by atoms with Crippen molar-refractivity contribution in [3.8, 4) is 0 Å². The fourth-order valence-corrected chi connectivity index (χ4v) is 2.82. The van der Waals surface area contributed by atoms with Gasteiger partial charge in [-0.3, -0.25) is 4.90 Å². The first-order chi connectivity index (χ1) is 11.0. The van der Waals surface area contributed by atoms with Gasteiger partial charge in [0.05, 0.1) is 10.6 Å². The van der Waals surface area contributed by atoms with E-state index in [0.29, 0.717) is 22.2 Å². The van der Waals surface area contributed by atoms with Crippen molar-refractivity contribution in [2.45, 2.75) is 19.6 Å². The van der Waals surface area contributed by atoms with E-state index in [1.165, 1.54) is 11.6 Å². The van der Waals surface area contributed by atoms with Gasteiger partial charge in [0.15, 0.2) is 0 Å². The maximum atomic E-state index is 12.2. The summed E-state index contributed by atoms with van der Waals surface area (Å²) in [6, 6.07) is 14.9. The van der Waals surface area contributed by atoms with Gasteiger partial charge in [0, 0.05) is 18.1 Å². The topological polar surface area (TPSA) is 29.5 Å². The molecule has 0 aromatic heterocycles. The van der Waals surface area contributed by atoms with Crippen LogP contribution in [0.2, 0.25) is 10.0 Å². The third kappa shape index (κ3) is 6.33. The lowest BCUT2D eigenvalue weighted by atomic mass is 10.2. The number of rotatable bonds is 6. The highest BCUT2D eigenvalue weighted by Crippen LogP contribution is 2.22. The van der Waals surface area contributed by atoms with Crippen molar-refractivity contribution >= 4 is 41.6 Å². The third-order valence-corrected chi connectivity index (χ3v) is 3.87. The molecule has 2 aromatic carbocycles. The van der Waals surface area contributed by atoms with E-state index < -0.39 is 5.97 Å². The molecule has 6 heteroatoms. The largest absolute Gasteiger partial charge is 0.458 e. The molecular weight excluding hydrogens is 369 g/mol. The van der Waals surface area contributed by atoms with Gasteiger partial charge in [-0.1, -0.05) is 53.5 Å². The molecule has 1 atom stereocenters. The molecule has 0 radical (unpaired) electrons. The Hall–Kier alpha value is -1.26. The molecule has 0 N–H and O–H groups in total. The highest BCUT2D eigenvalue weighted by atomic mass is 35.5. The molecule has 0 spiro atoms. The predicted molar refractivity (Wildman–Crippen MR) is 101 cm³/mol. The molecule has 0 saturated heterocycles. The smallest absolute Gasteiger partial charge is 0.339 e. The first-order valence-corrected chi connectivity index (χ1v) is 8.10. The fraction of sp³-hybridized carbons (Fsp3) is 0.278. The SMILES string of the molecule is CC(CN(C)Cc1ccccc1)OC(=O)c1ccc(Cl)cc1Cl.Cl. The summed E-state index contributed by atoms with van der Waals surface area (Å²) >= 11 is 11.9. The lowest BCUT2D eigenvalue weighted by molar-refractivity contribution is 0.0268. The monoisotopic (exact) mass is 387 g/mol. The van der Waals surface area contributed by atoms with E-state index in [1.807, 2.05) is 32.2 Å². The second-order valence-corrected chi connectivity index (χ2v) is 6.37. The molecule has 0 aliphatic carbocycles. The van der Waals surface area contributed by atoms with Crippen LogP contribution in [-0.4, -0.2) is 30.6 Å². The predicted octanol–water partition coefficient (Wildman–Crippen LogP) is 5.09. The highest BCUT2D eigenvalue weighted by Gasteiger charge is 2.16. The molecule has 0 amide bonds. The molecule has 0 saturated carbocycles. The van der Waals surface area contributed by atoms with Crippen LogP contribution < -0.4 is 0 Å². The zero-order valence-electron chi connectivity index (χ0n) is 13.5. The van der Waals surface area contributed by atoms with E-state index in [2.05, 4.69) is 17.0 Å². The van der Waals surface area contributed by atoms with Crippen LogP contribution in [0.15, 0.2) is 48.5 Å². The summed E-state index contributed by atoms with van der Waals surface area (Å²) in [5.74, 6) is -0.438. The van der Waals surface area contributed by atoms with E-state index >= 15 is 0 Å². The van der Waals surface area contributed by atoms with Gasteiger partial charge in [-0.25, -0.2) is 4.79 Å². The number of ether oxygens (including phenoxy) is 1. The summed E-state index contributed by atoms with van der Waals surface area (Å²) in [4.78, 5) is 14.3. The summed E-state index contributed by atoms with van der Waals surface area (Å²) in [7, 11) is 1.99. The van der Waals surface area contributed by atoms with Crippen LogP contribution in [0, 0.1) is 0 Å². The van der Waals surface area contributed by atoms with Crippen molar-refractivity contribution in [2.75, 3.05) is 13.6 Å². The van der Waals surface area contributed by atoms with Crippen LogP contribution >= 0.6 is 35.6 Å². The van der Waals surface area contributed by atoms with Crippen LogP contribution in [0.5, 0.6) is 0 Å². The molecule has 0 aliphatic rings. The molecule has 24 heavy (non-hydrogen) atoms. The zero-order chi connectivity index (χ0) is 16.8. The van der Waals surface area contributed by atoms with E-state index in [9.17, 15) is 4.79 Å². The van der Waals surface area contributed by atoms with Crippen molar-refractivity contribution in [2.24, 2.45) is 0 Å². The summed E-state index contributed by atoms with van der Waals surface area (Å²) in [5.41, 5.74) is 1.54.